The fourth-order valence-corrected chi connectivity index (χ4v) is 3.33. The summed E-state index contributed by atoms with van der Waals surface area (Å²) in [5.41, 5.74) is 5.35. The van der Waals surface area contributed by atoms with E-state index in [0.29, 0.717) is 11.6 Å². The van der Waals surface area contributed by atoms with E-state index in [0.717, 1.165) is 56.6 Å². The Morgan fingerprint density at radius 2 is 1.97 bits per heavy atom. The Bertz CT molecular complexity index is 954. The van der Waals surface area contributed by atoms with Crippen LogP contribution >= 0.6 is 0 Å². The third kappa shape index (κ3) is 4.72. The molecular formula is C22H29N5O3. The summed E-state index contributed by atoms with van der Waals surface area (Å²) in [6.07, 6.45) is 2.29. The van der Waals surface area contributed by atoms with Gasteiger partial charge in [-0.3, -0.25) is 5.01 Å². The van der Waals surface area contributed by atoms with Crippen molar-refractivity contribution < 1.29 is 14.4 Å². The molecule has 8 heteroatoms. The molecule has 0 atom stereocenters. The van der Waals surface area contributed by atoms with Gasteiger partial charge in [-0.05, 0) is 73.6 Å². The number of ether oxygens (including phenoxy) is 1. The summed E-state index contributed by atoms with van der Waals surface area (Å²) in [4.78, 5) is 17.1. The molecule has 0 spiro atoms. The standard InChI is InChI=1S/C22H29N5O3/c1-14-6-5-7-20(27(24)22(28)26(3)23)19(14)13-30-21-11-10-17(15(2)25-29-4)12-18(21)16-8-9-16/h5-7,10-12,16H,8-9,13,23-24H2,1-4H3. The maximum absolute atomic E-state index is 12.2. The third-order valence-corrected chi connectivity index (χ3v) is 5.20. The number of hydrazine groups is 2. The van der Waals surface area contributed by atoms with Crippen LogP contribution in [0.4, 0.5) is 10.5 Å². The predicted octanol–water partition coefficient (Wildman–Crippen LogP) is 3.43. The normalized spacial score (nSPS) is 13.7. The summed E-state index contributed by atoms with van der Waals surface area (Å²) in [5, 5.41) is 6.01. The van der Waals surface area contributed by atoms with Crippen molar-refractivity contribution >= 4 is 17.4 Å². The minimum Gasteiger partial charge on any atom is -0.489 e. The number of anilines is 1. The number of amides is 2. The number of urea groups is 1. The average Bonchev–Trinajstić information content (AvgIpc) is 3.57. The summed E-state index contributed by atoms with van der Waals surface area (Å²) in [6, 6.07) is 11.1. The Hall–Kier alpha value is -3.10. The molecule has 1 fully saturated rings. The van der Waals surface area contributed by atoms with Crippen LogP contribution in [0.2, 0.25) is 0 Å². The molecule has 0 heterocycles. The van der Waals surface area contributed by atoms with Crippen molar-refractivity contribution in [3.8, 4) is 5.75 Å². The Kier molecular flexibility index (Phi) is 6.59. The fraction of sp³-hybridized carbons (Fsp3) is 0.364. The van der Waals surface area contributed by atoms with E-state index in [1.54, 1.807) is 6.07 Å². The van der Waals surface area contributed by atoms with Gasteiger partial charge in [-0.1, -0.05) is 17.3 Å². The summed E-state index contributed by atoms with van der Waals surface area (Å²) >= 11 is 0. The molecule has 0 aliphatic heterocycles. The average molecular weight is 412 g/mol. The van der Waals surface area contributed by atoms with Crippen LogP contribution in [-0.4, -0.2) is 30.9 Å². The van der Waals surface area contributed by atoms with E-state index in [4.69, 9.17) is 21.3 Å². The highest BCUT2D eigenvalue weighted by Crippen LogP contribution is 2.45. The quantitative estimate of drug-likeness (QED) is 0.314. The van der Waals surface area contributed by atoms with Crippen molar-refractivity contribution in [1.82, 2.24) is 5.01 Å². The Balaban J connectivity index is 1.87. The van der Waals surface area contributed by atoms with Crippen molar-refractivity contribution in [2.45, 2.75) is 39.2 Å². The number of carbonyl (C=O) groups is 1. The van der Waals surface area contributed by atoms with Gasteiger partial charge in [0.15, 0.2) is 0 Å². The van der Waals surface area contributed by atoms with E-state index in [1.165, 1.54) is 14.2 Å². The smallest absolute Gasteiger partial charge is 0.352 e. The second-order valence-corrected chi connectivity index (χ2v) is 7.51. The second kappa shape index (κ2) is 9.15. The summed E-state index contributed by atoms with van der Waals surface area (Å²) in [6.45, 7) is 4.15. The van der Waals surface area contributed by atoms with Crippen LogP contribution in [0.3, 0.4) is 0 Å². The SMILES string of the molecule is CON=C(C)c1ccc(OCc2c(C)cccc2N(N)C(=O)N(C)N)c(C2CC2)c1. The zero-order valence-corrected chi connectivity index (χ0v) is 17.9. The van der Waals surface area contributed by atoms with Crippen LogP contribution in [0.15, 0.2) is 41.6 Å². The number of oxime groups is 1. The van der Waals surface area contributed by atoms with Gasteiger partial charge in [-0.2, -0.15) is 0 Å². The van der Waals surface area contributed by atoms with Crippen LogP contribution in [0.1, 0.15) is 47.9 Å². The van der Waals surface area contributed by atoms with Crippen molar-refractivity contribution in [2.75, 3.05) is 19.2 Å². The van der Waals surface area contributed by atoms with Crippen LogP contribution < -0.4 is 21.4 Å². The number of carbonyl (C=O) groups excluding carboxylic acids is 1. The van der Waals surface area contributed by atoms with Crippen LogP contribution in [0.25, 0.3) is 0 Å². The number of nitrogens with zero attached hydrogens (tertiary/aromatic N) is 3. The Labute approximate surface area is 177 Å². The molecule has 1 aliphatic rings. The molecule has 8 nitrogen and oxygen atoms in total. The monoisotopic (exact) mass is 411 g/mol. The van der Waals surface area contributed by atoms with Gasteiger partial charge in [0.1, 0.15) is 19.5 Å². The summed E-state index contributed by atoms with van der Waals surface area (Å²) in [5.74, 6) is 12.9. The highest BCUT2D eigenvalue weighted by atomic mass is 16.6. The molecule has 2 aromatic carbocycles. The molecule has 4 N–H and O–H groups in total. The first-order valence-electron chi connectivity index (χ1n) is 9.84. The fourth-order valence-electron chi connectivity index (χ4n) is 3.33. The molecule has 0 unspecified atom stereocenters. The number of nitrogens with two attached hydrogens (primary N) is 2. The highest BCUT2D eigenvalue weighted by molar-refractivity contribution is 5.98. The molecule has 30 heavy (non-hydrogen) atoms. The van der Waals surface area contributed by atoms with E-state index in [1.807, 2.05) is 38.1 Å². The molecule has 2 aromatic rings. The van der Waals surface area contributed by atoms with E-state index >= 15 is 0 Å². The minimum atomic E-state index is -0.516. The number of hydrogen-bond acceptors (Lipinski definition) is 6. The van der Waals surface area contributed by atoms with Gasteiger partial charge in [0.25, 0.3) is 0 Å². The molecule has 1 aliphatic carbocycles. The molecule has 160 valence electrons. The van der Waals surface area contributed by atoms with E-state index < -0.39 is 6.03 Å². The van der Waals surface area contributed by atoms with Crippen LogP contribution in [0, 0.1) is 6.92 Å². The molecule has 2 amide bonds. The molecular weight excluding hydrogens is 382 g/mol. The lowest BCUT2D eigenvalue weighted by molar-refractivity contribution is 0.213. The predicted molar refractivity (Wildman–Crippen MR) is 117 cm³/mol. The first kappa shape index (κ1) is 21.6. The zero-order chi connectivity index (χ0) is 21.8. The van der Waals surface area contributed by atoms with E-state index in [2.05, 4.69) is 11.2 Å². The van der Waals surface area contributed by atoms with Crippen molar-refractivity contribution in [2.24, 2.45) is 16.8 Å². The highest BCUT2D eigenvalue weighted by Gasteiger charge is 2.28. The molecule has 3 rings (SSSR count). The van der Waals surface area contributed by atoms with Crippen molar-refractivity contribution in [3.63, 3.8) is 0 Å². The van der Waals surface area contributed by atoms with Gasteiger partial charge in [0, 0.05) is 12.6 Å². The van der Waals surface area contributed by atoms with Crippen LogP contribution in [0.5, 0.6) is 5.75 Å². The maximum atomic E-state index is 12.2. The first-order valence-corrected chi connectivity index (χ1v) is 9.84. The van der Waals surface area contributed by atoms with Gasteiger partial charge in [-0.15, -0.1) is 0 Å². The zero-order valence-electron chi connectivity index (χ0n) is 17.9. The van der Waals surface area contributed by atoms with Crippen molar-refractivity contribution in [1.29, 1.82) is 0 Å². The van der Waals surface area contributed by atoms with Crippen molar-refractivity contribution in [3.05, 3.63) is 58.7 Å². The topological polar surface area (TPSA) is 106 Å². The van der Waals surface area contributed by atoms with Gasteiger partial charge in [0.2, 0.25) is 0 Å². The third-order valence-electron chi connectivity index (χ3n) is 5.20. The molecule has 0 saturated heterocycles. The minimum absolute atomic E-state index is 0.279. The van der Waals surface area contributed by atoms with Gasteiger partial charge in [-0.25, -0.2) is 21.5 Å². The Morgan fingerprint density at radius 3 is 2.60 bits per heavy atom. The number of aryl methyl sites for hydroxylation is 1. The lowest BCUT2D eigenvalue weighted by Crippen LogP contribution is -2.49. The van der Waals surface area contributed by atoms with E-state index in [-0.39, 0.29) is 6.61 Å². The lowest BCUT2D eigenvalue weighted by Gasteiger charge is -2.24. The summed E-state index contributed by atoms with van der Waals surface area (Å²) < 4.78 is 6.22. The number of hydrogen-bond donors (Lipinski definition) is 2. The van der Waals surface area contributed by atoms with Gasteiger partial charge in [0.05, 0.1) is 11.4 Å². The Morgan fingerprint density at radius 1 is 1.23 bits per heavy atom. The maximum Gasteiger partial charge on any atom is 0.352 e. The second-order valence-electron chi connectivity index (χ2n) is 7.51. The molecule has 0 radical (unpaired) electrons. The lowest BCUT2D eigenvalue weighted by atomic mass is 10.0. The number of benzene rings is 2. The molecule has 0 bridgehead atoms. The van der Waals surface area contributed by atoms with E-state index in [9.17, 15) is 4.79 Å². The first-order chi connectivity index (χ1) is 14.3. The molecule has 1 saturated carbocycles. The van der Waals surface area contributed by atoms with Crippen LogP contribution in [-0.2, 0) is 11.4 Å². The summed E-state index contributed by atoms with van der Waals surface area (Å²) in [7, 11) is 2.99. The molecule has 0 aromatic heterocycles. The van der Waals surface area contributed by atoms with Gasteiger partial charge < -0.3 is 9.57 Å². The largest absolute Gasteiger partial charge is 0.489 e. The number of rotatable bonds is 7. The van der Waals surface area contributed by atoms with Gasteiger partial charge >= 0.3 is 6.03 Å².